The lowest BCUT2D eigenvalue weighted by Gasteiger charge is -2.25. The van der Waals surface area contributed by atoms with Gasteiger partial charge < -0.3 is 9.64 Å². The van der Waals surface area contributed by atoms with Crippen LogP contribution in [0.5, 0.6) is 5.75 Å². The summed E-state index contributed by atoms with van der Waals surface area (Å²) in [6, 6.07) is 13.3. The molecule has 0 aliphatic rings. The lowest BCUT2D eigenvalue weighted by atomic mass is 10.2. The maximum atomic E-state index is 13.4. The number of likely N-dealkylation sites (N-methyl/N-ethyl adjacent to an activating group) is 1. The Balaban J connectivity index is 0.00000300. The second-order valence-corrected chi connectivity index (χ2v) is 8.16. The SMILES string of the molecule is CCN(CC)CCN(C(=O)c1ccccc1Br)c1nc2cc(OC)ccc2s1.Cl. The van der Waals surface area contributed by atoms with Crippen LogP contribution in [0.2, 0.25) is 0 Å². The van der Waals surface area contributed by atoms with Crippen molar-refractivity contribution >= 4 is 60.9 Å². The standard InChI is InChI=1S/C21H24BrN3O2S.ClH/c1-4-24(5-2)12-13-25(20(26)16-8-6-7-9-17(16)22)21-23-18-14-15(27-3)10-11-19(18)28-21;/h6-11,14H,4-5,12-13H2,1-3H3;1H. The molecule has 29 heavy (non-hydrogen) atoms. The van der Waals surface area contributed by atoms with Crippen molar-refractivity contribution in [2.24, 2.45) is 0 Å². The molecule has 156 valence electrons. The van der Waals surface area contributed by atoms with Crippen LogP contribution in [0.15, 0.2) is 46.9 Å². The minimum absolute atomic E-state index is 0. The Hall–Kier alpha value is -1.67. The van der Waals surface area contributed by atoms with Crippen LogP contribution in [0.4, 0.5) is 5.13 Å². The average molecular weight is 499 g/mol. The van der Waals surface area contributed by atoms with Crippen molar-refractivity contribution in [3.63, 3.8) is 0 Å². The molecule has 1 amide bonds. The van der Waals surface area contributed by atoms with E-state index in [0.29, 0.717) is 17.2 Å². The van der Waals surface area contributed by atoms with Crippen LogP contribution in [0.25, 0.3) is 10.2 Å². The molecule has 0 saturated heterocycles. The first kappa shape index (κ1) is 23.6. The summed E-state index contributed by atoms with van der Waals surface area (Å²) in [6.07, 6.45) is 0. The molecule has 0 bridgehead atoms. The quantitative estimate of drug-likeness (QED) is 0.413. The number of amides is 1. The summed E-state index contributed by atoms with van der Waals surface area (Å²) < 4.78 is 7.12. The Labute approximate surface area is 190 Å². The predicted octanol–water partition coefficient (Wildman–Crippen LogP) is 5.48. The average Bonchev–Trinajstić information content (AvgIpc) is 3.14. The highest BCUT2D eigenvalue weighted by Crippen LogP contribution is 2.32. The second-order valence-electron chi connectivity index (χ2n) is 6.29. The van der Waals surface area contributed by atoms with Gasteiger partial charge in [0, 0.05) is 23.6 Å². The van der Waals surface area contributed by atoms with E-state index < -0.39 is 0 Å². The molecule has 1 heterocycles. The Bertz CT molecular complexity index is 962. The summed E-state index contributed by atoms with van der Waals surface area (Å²) in [5.74, 6) is 0.710. The predicted molar refractivity (Wildman–Crippen MR) is 127 cm³/mol. The summed E-state index contributed by atoms with van der Waals surface area (Å²) in [6.45, 7) is 7.54. The van der Waals surface area contributed by atoms with Crippen LogP contribution in [0, 0.1) is 0 Å². The number of fused-ring (bicyclic) bond motifs is 1. The van der Waals surface area contributed by atoms with Crippen LogP contribution >= 0.6 is 39.7 Å². The number of aromatic nitrogens is 1. The third kappa shape index (κ3) is 5.48. The van der Waals surface area contributed by atoms with E-state index in [9.17, 15) is 4.79 Å². The number of methoxy groups -OCH3 is 1. The first-order chi connectivity index (χ1) is 13.6. The molecule has 3 rings (SSSR count). The molecule has 5 nitrogen and oxygen atoms in total. The zero-order valence-electron chi connectivity index (χ0n) is 16.7. The number of anilines is 1. The topological polar surface area (TPSA) is 45.7 Å². The largest absolute Gasteiger partial charge is 0.497 e. The number of hydrogen-bond acceptors (Lipinski definition) is 5. The number of thiazole rings is 1. The van der Waals surface area contributed by atoms with Crippen LogP contribution in [-0.2, 0) is 0 Å². The van der Waals surface area contributed by atoms with Gasteiger partial charge in [0.1, 0.15) is 5.75 Å². The fourth-order valence-electron chi connectivity index (χ4n) is 2.98. The van der Waals surface area contributed by atoms with Gasteiger partial charge in [-0.15, -0.1) is 12.4 Å². The highest BCUT2D eigenvalue weighted by molar-refractivity contribution is 9.10. The molecule has 0 spiro atoms. The minimum atomic E-state index is -0.0503. The monoisotopic (exact) mass is 497 g/mol. The van der Waals surface area contributed by atoms with Crippen LogP contribution in [-0.4, -0.2) is 49.1 Å². The summed E-state index contributed by atoms with van der Waals surface area (Å²) in [5.41, 5.74) is 1.48. The third-order valence-electron chi connectivity index (χ3n) is 4.70. The summed E-state index contributed by atoms with van der Waals surface area (Å²) >= 11 is 5.03. The smallest absolute Gasteiger partial charge is 0.261 e. The molecule has 0 fully saturated rings. The maximum Gasteiger partial charge on any atom is 0.261 e. The molecular weight excluding hydrogens is 474 g/mol. The number of nitrogens with zero attached hydrogens (tertiary/aromatic N) is 3. The van der Waals surface area contributed by atoms with Crippen LogP contribution in [0.3, 0.4) is 0 Å². The van der Waals surface area contributed by atoms with Gasteiger partial charge in [0.15, 0.2) is 5.13 Å². The van der Waals surface area contributed by atoms with Gasteiger partial charge in [0.25, 0.3) is 5.91 Å². The summed E-state index contributed by atoms with van der Waals surface area (Å²) in [4.78, 5) is 22.2. The first-order valence-electron chi connectivity index (χ1n) is 9.30. The Morgan fingerprint density at radius 3 is 2.52 bits per heavy atom. The lowest BCUT2D eigenvalue weighted by molar-refractivity contribution is 0.0983. The summed E-state index contributed by atoms with van der Waals surface area (Å²) in [7, 11) is 1.64. The zero-order chi connectivity index (χ0) is 20.1. The number of ether oxygens (including phenoxy) is 1. The van der Waals surface area contributed by atoms with E-state index in [1.54, 1.807) is 12.0 Å². The van der Waals surface area contributed by atoms with Crippen LogP contribution < -0.4 is 9.64 Å². The van der Waals surface area contributed by atoms with Gasteiger partial charge >= 0.3 is 0 Å². The van der Waals surface area contributed by atoms with Gasteiger partial charge in [-0.25, -0.2) is 4.98 Å². The van der Waals surface area contributed by atoms with Gasteiger partial charge in [0.05, 0.1) is 22.9 Å². The molecule has 1 aromatic heterocycles. The Morgan fingerprint density at radius 1 is 1.14 bits per heavy atom. The minimum Gasteiger partial charge on any atom is -0.497 e. The van der Waals surface area contributed by atoms with Crippen molar-refractivity contribution in [1.82, 2.24) is 9.88 Å². The van der Waals surface area contributed by atoms with Gasteiger partial charge in [-0.3, -0.25) is 9.69 Å². The Kier molecular flexibility index (Phi) is 8.89. The molecular formula is C21H25BrClN3O2S. The number of hydrogen-bond donors (Lipinski definition) is 0. The molecule has 0 N–H and O–H groups in total. The Morgan fingerprint density at radius 2 is 1.86 bits per heavy atom. The normalized spacial score (nSPS) is 10.8. The number of carbonyl (C=O) groups excluding carboxylic acids is 1. The highest BCUT2D eigenvalue weighted by atomic mass is 79.9. The second kappa shape index (κ2) is 10.9. The number of rotatable bonds is 8. The molecule has 0 atom stereocenters. The van der Waals surface area contributed by atoms with Crippen LogP contribution in [0.1, 0.15) is 24.2 Å². The number of benzene rings is 2. The number of carbonyl (C=O) groups is 1. The van der Waals surface area contributed by atoms with E-state index in [1.165, 1.54) is 11.3 Å². The lowest BCUT2D eigenvalue weighted by Crippen LogP contribution is -2.39. The molecule has 0 unspecified atom stereocenters. The molecule has 8 heteroatoms. The summed E-state index contributed by atoms with van der Waals surface area (Å²) in [5, 5.41) is 0.705. The molecule has 0 aliphatic carbocycles. The molecule has 0 radical (unpaired) electrons. The molecule has 3 aromatic rings. The third-order valence-corrected chi connectivity index (χ3v) is 6.45. The maximum absolute atomic E-state index is 13.4. The van der Waals surface area contributed by atoms with Crippen molar-refractivity contribution < 1.29 is 9.53 Å². The van der Waals surface area contributed by atoms with Gasteiger partial charge in [-0.05, 0) is 53.3 Å². The zero-order valence-corrected chi connectivity index (χ0v) is 19.9. The molecule has 0 aliphatic heterocycles. The first-order valence-corrected chi connectivity index (χ1v) is 10.9. The van der Waals surface area contributed by atoms with Crippen molar-refractivity contribution in [3.8, 4) is 5.75 Å². The van der Waals surface area contributed by atoms with E-state index in [2.05, 4.69) is 34.7 Å². The van der Waals surface area contributed by atoms with Crippen molar-refractivity contribution in [2.75, 3.05) is 38.2 Å². The van der Waals surface area contributed by atoms with E-state index in [-0.39, 0.29) is 18.3 Å². The van der Waals surface area contributed by atoms with Crippen molar-refractivity contribution in [2.45, 2.75) is 13.8 Å². The van der Waals surface area contributed by atoms with Gasteiger partial charge in [-0.1, -0.05) is 37.3 Å². The van der Waals surface area contributed by atoms with Gasteiger partial charge in [0.2, 0.25) is 0 Å². The van der Waals surface area contributed by atoms with E-state index >= 15 is 0 Å². The van der Waals surface area contributed by atoms with Crippen molar-refractivity contribution in [3.05, 3.63) is 52.5 Å². The molecule has 0 saturated carbocycles. The van der Waals surface area contributed by atoms with Crippen molar-refractivity contribution in [1.29, 1.82) is 0 Å². The molecule has 2 aromatic carbocycles. The fraction of sp³-hybridized carbons (Fsp3) is 0.333. The van der Waals surface area contributed by atoms with Gasteiger partial charge in [-0.2, -0.15) is 0 Å². The number of halogens is 2. The van der Waals surface area contributed by atoms with E-state index in [1.807, 2.05) is 42.5 Å². The highest BCUT2D eigenvalue weighted by Gasteiger charge is 2.23. The van der Waals surface area contributed by atoms with E-state index in [4.69, 9.17) is 9.72 Å². The van der Waals surface area contributed by atoms with E-state index in [0.717, 1.165) is 40.1 Å². The fourth-order valence-corrected chi connectivity index (χ4v) is 4.41.